The van der Waals surface area contributed by atoms with Crippen LogP contribution in [0.1, 0.15) is 69.6 Å². The smallest absolute Gasteiger partial charge is 0.407 e. The molecule has 4 rings (SSSR count). The predicted molar refractivity (Wildman–Crippen MR) is 184 cm³/mol. The Morgan fingerprint density at radius 2 is 1.55 bits per heavy atom. The van der Waals surface area contributed by atoms with E-state index in [9.17, 15) is 9.59 Å². The number of allylic oxidation sites excluding steroid dienone is 1. The molecule has 0 aromatic heterocycles. The molecule has 1 heterocycles. The molecule has 8 heteroatoms. The molecule has 252 valence electrons. The lowest BCUT2D eigenvalue weighted by Gasteiger charge is -2.24. The van der Waals surface area contributed by atoms with Crippen molar-refractivity contribution >= 4 is 12.0 Å². The number of carbonyl (C=O) groups is 2. The van der Waals surface area contributed by atoms with Crippen molar-refractivity contribution in [2.24, 2.45) is 5.92 Å². The van der Waals surface area contributed by atoms with Crippen molar-refractivity contribution in [2.75, 3.05) is 19.7 Å². The lowest BCUT2D eigenvalue weighted by molar-refractivity contribution is -0.216. The van der Waals surface area contributed by atoms with Gasteiger partial charge in [0.2, 0.25) is 5.91 Å². The Morgan fingerprint density at radius 1 is 0.894 bits per heavy atom. The first-order chi connectivity index (χ1) is 22.7. The van der Waals surface area contributed by atoms with Crippen LogP contribution in [-0.4, -0.2) is 48.2 Å². The van der Waals surface area contributed by atoms with E-state index in [1.165, 1.54) is 11.1 Å². The average Bonchev–Trinajstić information content (AvgIpc) is 3.34. The maximum absolute atomic E-state index is 13.2. The van der Waals surface area contributed by atoms with Gasteiger partial charge in [0.15, 0.2) is 5.75 Å². The molecular weight excluding hydrogens is 592 g/mol. The molecule has 0 spiro atoms. The maximum atomic E-state index is 13.2. The quantitative estimate of drug-likeness (QED) is 0.0658. The Labute approximate surface area is 280 Å². The highest BCUT2D eigenvalue weighted by Crippen LogP contribution is 2.29. The van der Waals surface area contributed by atoms with Gasteiger partial charge in [0.1, 0.15) is 24.6 Å². The van der Waals surface area contributed by atoms with Crippen molar-refractivity contribution < 1.29 is 28.8 Å². The minimum Gasteiger partial charge on any atom is -0.489 e. The van der Waals surface area contributed by atoms with Gasteiger partial charge in [-0.3, -0.25) is 4.79 Å². The van der Waals surface area contributed by atoms with E-state index in [1.54, 1.807) is 0 Å². The van der Waals surface area contributed by atoms with Gasteiger partial charge in [0.25, 0.3) is 0 Å². The summed E-state index contributed by atoms with van der Waals surface area (Å²) in [6, 6.07) is 26.1. The zero-order chi connectivity index (χ0) is 33.5. The van der Waals surface area contributed by atoms with Gasteiger partial charge in [-0.15, -0.1) is 6.58 Å². The van der Waals surface area contributed by atoms with Gasteiger partial charge >= 0.3 is 6.09 Å². The highest BCUT2D eigenvalue weighted by atomic mass is 17.2. The van der Waals surface area contributed by atoms with Gasteiger partial charge in [0, 0.05) is 19.0 Å². The number of alkyl carbamates (subject to hydrolysis) is 1. The van der Waals surface area contributed by atoms with Gasteiger partial charge < -0.3 is 24.6 Å². The van der Waals surface area contributed by atoms with E-state index in [-0.39, 0.29) is 24.0 Å². The SMILES string of the molecule is C=CC[C@@H]1C[C@@H](COOc2ccc(CCCCNC(=O)OC(C)(C)C)cc2)N(CCCc2ccc(OCc3ccccc3)cc2)C1=O. The number of likely N-dealkylation sites (tertiary alicyclic amines) is 1. The van der Waals surface area contributed by atoms with Crippen LogP contribution in [0.2, 0.25) is 0 Å². The minimum atomic E-state index is -0.493. The van der Waals surface area contributed by atoms with E-state index in [1.807, 2.05) is 86.3 Å². The topological polar surface area (TPSA) is 86.3 Å². The molecule has 0 bridgehead atoms. The van der Waals surface area contributed by atoms with Crippen molar-refractivity contribution in [3.8, 4) is 11.5 Å². The Kier molecular flexibility index (Phi) is 13.7. The fourth-order valence-corrected chi connectivity index (χ4v) is 5.62. The fraction of sp³-hybridized carbons (Fsp3) is 0.436. The molecule has 1 aliphatic heterocycles. The fourth-order valence-electron chi connectivity index (χ4n) is 5.62. The molecule has 47 heavy (non-hydrogen) atoms. The number of hydrogen-bond acceptors (Lipinski definition) is 6. The summed E-state index contributed by atoms with van der Waals surface area (Å²) in [5.41, 5.74) is 3.04. The molecule has 1 aliphatic rings. The Morgan fingerprint density at radius 3 is 2.21 bits per heavy atom. The highest BCUT2D eigenvalue weighted by Gasteiger charge is 2.38. The van der Waals surface area contributed by atoms with Gasteiger partial charge in [-0.05, 0) is 107 Å². The third kappa shape index (κ3) is 12.4. The van der Waals surface area contributed by atoms with E-state index in [4.69, 9.17) is 19.2 Å². The van der Waals surface area contributed by atoms with E-state index < -0.39 is 5.60 Å². The number of carbonyl (C=O) groups excluding carboxylic acids is 2. The van der Waals surface area contributed by atoms with Gasteiger partial charge in [-0.2, -0.15) is 4.89 Å². The molecule has 1 N–H and O–H groups in total. The molecule has 1 fully saturated rings. The zero-order valence-corrected chi connectivity index (χ0v) is 28.1. The summed E-state index contributed by atoms with van der Waals surface area (Å²) < 4.78 is 11.2. The number of unbranched alkanes of at least 4 members (excludes halogenated alkanes) is 1. The summed E-state index contributed by atoms with van der Waals surface area (Å²) in [6.45, 7) is 11.5. The molecule has 0 saturated carbocycles. The number of benzene rings is 3. The first-order valence-corrected chi connectivity index (χ1v) is 16.7. The molecule has 8 nitrogen and oxygen atoms in total. The summed E-state index contributed by atoms with van der Waals surface area (Å²) in [6.07, 6.45) is 7.25. The summed E-state index contributed by atoms with van der Waals surface area (Å²) in [7, 11) is 0. The first kappa shape index (κ1) is 35.6. The van der Waals surface area contributed by atoms with Crippen LogP contribution in [0.4, 0.5) is 4.79 Å². The van der Waals surface area contributed by atoms with Crippen LogP contribution in [0.5, 0.6) is 11.5 Å². The summed E-state index contributed by atoms with van der Waals surface area (Å²) in [5, 5.41) is 2.79. The molecule has 0 aliphatic carbocycles. The third-order valence-corrected chi connectivity index (χ3v) is 8.02. The molecule has 2 amide bonds. The van der Waals surface area contributed by atoms with Gasteiger partial charge in [-0.25, -0.2) is 4.79 Å². The van der Waals surface area contributed by atoms with Crippen LogP contribution in [0, 0.1) is 5.92 Å². The molecular formula is C39H50N2O6. The van der Waals surface area contributed by atoms with Crippen molar-refractivity contribution in [2.45, 2.75) is 84.0 Å². The van der Waals surface area contributed by atoms with E-state index >= 15 is 0 Å². The first-order valence-electron chi connectivity index (χ1n) is 16.7. The highest BCUT2D eigenvalue weighted by molar-refractivity contribution is 5.81. The number of rotatable bonds is 18. The Balaban J connectivity index is 1.16. The predicted octanol–water partition coefficient (Wildman–Crippen LogP) is 7.85. The lowest BCUT2D eigenvalue weighted by Crippen LogP contribution is -2.37. The summed E-state index contributed by atoms with van der Waals surface area (Å²) in [4.78, 5) is 38.2. The van der Waals surface area contributed by atoms with Crippen molar-refractivity contribution in [3.63, 3.8) is 0 Å². The van der Waals surface area contributed by atoms with Crippen LogP contribution in [0.15, 0.2) is 91.5 Å². The van der Waals surface area contributed by atoms with Crippen LogP contribution in [0.3, 0.4) is 0 Å². The molecule has 3 aromatic rings. The molecule has 2 atom stereocenters. The average molecular weight is 643 g/mol. The third-order valence-electron chi connectivity index (χ3n) is 8.02. The molecule has 0 radical (unpaired) electrons. The van der Waals surface area contributed by atoms with Crippen LogP contribution < -0.4 is 14.9 Å². The van der Waals surface area contributed by atoms with Crippen molar-refractivity contribution in [1.29, 1.82) is 0 Å². The number of amides is 2. The molecule has 3 aromatic carbocycles. The maximum Gasteiger partial charge on any atom is 0.407 e. The Hall–Kier alpha value is -4.30. The second-order valence-corrected chi connectivity index (χ2v) is 13.1. The van der Waals surface area contributed by atoms with Crippen molar-refractivity contribution in [3.05, 3.63) is 108 Å². The van der Waals surface area contributed by atoms with Crippen LogP contribution >= 0.6 is 0 Å². The van der Waals surface area contributed by atoms with Crippen LogP contribution in [0.25, 0.3) is 0 Å². The minimum absolute atomic E-state index is 0.0465. The number of nitrogens with zero attached hydrogens (tertiary/aromatic N) is 1. The number of ether oxygens (including phenoxy) is 2. The number of hydrogen-bond donors (Lipinski definition) is 1. The Bertz CT molecular complexity index is 1390. The normalized spacial score (nSPS) is 16.1. The van der Waals surface area contributed by atoms with E-state index in [2.05, 4.69) is 36.2 Å². The van der Waals surface area contributed by atoms with Gasteiger partial charge in [0.05, 0.1) is 6.04 Å². The van der Waals surface area contributed by atoms with Gasteiger partial charge in [-0.1, -0.05) is 60.7 Å². The molecule has 0 unspecified atom stereocenters. The van der Waals surface area contributed by atoms with E-state index in [0.717, 1.165) is 49.8 Å². The van der Waals surface area contributed by atoms with Crippen LogP contribution in [-0.2, 0) is 33.9 Å². The van der Waals surface area contributed by atoms with E-state index in [0.29, 0.717) is 38.5 Å². The number of aryl methyl sites for hydroxylation is 2. The summed E-state index contributed by atoms with van der Waals surface area (Å²) >= 11 is 0. The zero-order valence-electron chi connectivity index (χ0n) is 28.1. The second-order valence-electron chi connectivity index (χ2n) is 13.1. The monoisotopic (exact) mass is 642 g/mol. The van der Waals surface area contributed by atoms with Crippen molar-refractivity contribution in [1.82, 2.24) is 10.2 Å². The largest absolute Gasteiger partial charge is 0.489 e. The lowest BCUT2D eigenvalue weighted by atomic mass is 10.0. The summed E-state index contributed by atoms with van der Waals surface area (Å²) in [5.74, 6) is 1.56. The second kappa shape index (κ2) is 18.1. The standard InChI is InChI=1S/C39H50N2O6/c1-5-12-33-27-34(29-45-47-36-23-19-30(20-24-36)13-9-10-25-40-38(43)46-39(2,3)4)41(37(33)42)26-11-16-31-17-21-35(22-18-31)44-28-32-14-7-6-8-15-32/h5-8,14-15,17-24,33-34H,1,9-13,16,25-29H2,2-4H3,(H,40,43)/t33-,34+/m1/s1. The number of nitrogens with one attached hydrogen (secondary N) is 1. The molecule has 1 saturated heterocycles.